The highest BCUT2D eigenvalue weighted by Crippen LogP contribution is 2.44. The minimum Gasteiger partial charge on any atom is -0.460 e. The van der Waals surface area contributed by atoms with Gasteiger partial charge < -0.3 is 9.64 Å². The molecule has 0 amide bonds. The molecule has 1 saturated heterocycles. The van der Waals surface area contributed by atoms with Gasteiger partial charge in [0.25, 0.3) is 0 Å². The molecule has 2 fully saturated rings. The van der Waals surface area contributed by atoms with Gasteiger partial charge in [-0.15, -0.1) is 0 Å². The summed E-state index contributed by atoms with van der Waals surface area (Å²) in [5.74, 6) is 1.48. The van der Waals surface area contributed by atoms with Crippen LogP contribution in [0.15, 0.2) is 24.5 Å². The zero-order valence-corrected chi connectivity index (χ0v) is 17.4. The highest BCUT2D eigenvalue weighted by atomic mass is 16.6. The Kier molecular flexibility index (Phi) is 5.16. The Labute approximate surface area is 171 Å². The van der Waals surface area contributed by atoms with E-state index in [4.69, 9.17) is 4.74 Å². The van der Waals surface area contributed by atoms with Gasteiger partial charge in [0, 0.05) is 25.5 Å². The fraction of sp³-hybridized carbons (Fsp3) is 0.565. The average Bonchev–Trinajstić information content (AvgIpc) is 3.50. The number of hydrogen-bond donors (Lipinski definition) is 0. The first-order valence-corrected chi connectivity index (χ1v) is 10.4. The molecule has 1 aliphatic carbocycles. The molecule has 0 N–H and O–H groups in total. The van der Waals surface area contributed by atoms with Crippen LogP contribution in [0.3, 0.4) is 0 Å². The molecular weight excluding hydrogens is 364 g/mol. The Morgan fingerprint density at radius 1 is 1.17 bits per heavy atom. The molecule has 1 aromatic carbocycles. The van der Waals surface area contributed by atoms with Crippen LogP contribution in [0.4, 0.5) is 5.69 Å². The van der Waals surface area contributed by atoms with E-state index in [0.29, 0.717) is 23.4 Å². The minimum atomic E-state index is -0.458. The number of rotatable bonds is 4. The summed E-state index contributed by atoms with van der Waals surface area (Å²) in [6.45, 7) is 7.49. The zero-order valence-electron chi connectivity index (χ0n) is 17.4. The second-order valence-corrected chi connectivity index (χ2v) is 9.39. The van der Waals surface area contributed by atoms with Crippen molar-refractivity contribution in [1.82, 2.24) is 9.97 Å². The predicted octanol–water partition coefficient (Wildman–Crippen LogP) is 4.09. The summed E-state index contributed by atoms with van der Waals surface area (Å²) in [4.78, 5) is 23.7. The maximum Gasteiger partial charge on any atom is 0.306 e. The molecule has 6 heteroatoms. The highest BCUT2D eigenvalue weighted by Gasteiger charge is 2.39. The van der Waals surface area contributed by atoms with Gasteiger partial charge in [-0.05, 0) is 69.9 Å². The summed E-state index contributed by atoms with van der Waals surface area (Å²) >= 11 is 0. The predicted molar refractivity (Wildman–Crippen MR) is 111 cm³/mol. The first-order valence-electron chi connectivity index (χ1n) is 10.4. The maximum atomic E-state index is 12.5. The second kappa shape index (κ2) is 7.62. The standard InChI is InChI=1S/C23H28N4O2/c1-23(2,3)29-20(28)11-15-10-18(16-4-5-16)14-27(13-15)19-7-6-17(12-24)21-22(19)26-9-8-25-21/h6-9,15-16,18H,4-5,10-11,13-14H2,1-3H3. The van der Waals surface area contributed by atoms with Crippen molar-refractivity contribution < 1.29 is 9.53 Å². The van der Waals surface area contributed by atoms with Gasteiger partial charge in [-0.25, -0.2) is 0 Å². The molecule has 152 valence electrons. The van der Waals surface area contributed by atoms with Gasteiger partial charge in [0.1, 0.15) is 22.7 Å². The molecule has 2 aliphatic rings. The van der Waals surface area contributed by atoms with E-state index in [9.17, 15) is 10.1 Å². The van der Waals surface area contributed by atoms with E-state index in [0.717, 1.165) is 36.6 Å². The summed E-state index contributed by atoms with van der Waals surface area (Å²) < 4.78 is 5.58. The molecule has 0 spiro atoms. The van der Waals surface area contributed by atoms with E-state index in [-0.39, 0.29) is 11.9 Å². The molecular formula is C23H28N4O2. The number of nitrogens with zero attached hydrogens (tertiary/aromatic N) is 4. The van der Waals surface area contributed by atoms with Crippen molar-refractivity contribution >= 4 is 22.7 Å². The van der Waals surface area contributed by atoms with Gasteiger partial charge in [0.05, 0.1) is 17.7 Å². The fourth-order valence-corrected chi connectivity index (χ4v) is 4.51. The number of fused-ring (bicyclic) bond motifs is 1. The van der Waals surface area contributed by atoms with Crippen LogP contribution >= 0.6 is 0 Å². The van der Waals surface area contributed by atoms with Crippen LogP contribution < -0.4 is 4.90 Å². The molecule has 0 radical (unpaired) electrons. The van der Waals surface area contributed by atoms with Crippen molar-refractivity contribution in [2.75, 3.05) is 18.0 Å². The Bertz CT molecular complexity index is 955. The van der Waals surface area contributed by atoms with Gasteiger partial charge in [-0.2, -0.15) is 5.26 Å². The van der Waals surface area contributed by atoms with Crippen LogP contribution in [-0.2, 0) is 9.53 Å². The second-order valence-electron chi connectivity index (χ2n) is 9.39. The number of nitriles is 1. The van der Waals surface area contributed by atoms with Gasteiger partial charge in [0.15, 0.2) is 0 Å². The van der Waals surface area contributed by atoms with Crippen LogP contribution in [0.2, 0.25) is 0 Å². The number of piperidine rings is 1. The normalized spacial score (nSPS) is 22.3. The first kappa shape index (κ1) is 19.6. The fourth-order valence-electron chi connectivity index (χ4n) is 4.51. The van der Waals surface area contributed by atoms with Crippen molar-refractivity contribution in [3.05, 3.63) is 30.1 Å². The van der Waals surface area contributed by atoms with Crippen molar-refractivity contribution in [2.45, 2.75) is 52.1 Å². The molecule has 2 unspecified atom stereocenters. The van der Waals surface area contributed by atoms with Gasteiger partial charge >= 0.3 is 5.97 Å². The van der Waals surface area contributed by atoms with Crippen LogP contribution in [-0.4, -0.2) is 34.6 Å². The third-order valence-corrected chi connectivity index (χ3v) is 5.80. The molecule has 1 saturated carbocycles. The molecule has 1 aromatic heterocycles. The Morgan fingerprint density at radius 3 is 2.55 bits per heavy atom. The maximum absolute atomic E-state index is 12.5. The third kappa shape index (κ3) is 4.50. The van der Waals surface area contributed by atoms with Crippen molar-refractivity contribution in [2.24, 2.45) is 17.8 Å². The van der Waals surface area contributed by atoms with Crippen molar-refractivity contribution in [1.29, 1.82) is 5.26 Å². The number of benzene rings is 1. The minimum absolute atomic E-state index is 0.122. The molecule has 2 heterocycles. The Hall–Kier alpha value is -2.68. The lowest BCUT2D eigenvalue weighted by atomic mass is 9.84. The van der Waals surface area contributed by atoms with Crippen molar-refractivity contribution in [3.8, 4) is 6.07 Å². The molecule has 2 atom stereocenters. The van der Waals surface area contributed by atoms with E-state index in [1.54, 1.807) is 12.4 Å². The van der Waals surface area contributed by atoms with E-state index in [2.05, 4.69) is 20.9 Å². The Morgan fingerprint density at radius 2 is 1.90 bits per heavy atom. The van der Waals surface area contributed by atoms with Crippen LogP contribution in [0, 0.1) is 29.1 Å². The highest BCUT2D eigenvalue weighted by molar-refractivity contribution is 5.92. The molecule has 2 aromatic rings. The van der Waals surface area contributed by atoms with Crippen LogP contribution in [0.25, 0.3) is 11.0 Å². The summed E-state index contributed by atoms with van der Waals surface area (Å²) in [5, 5.41) is 9.41. The molecule has 4 rings (SSSR count). The number of ether oxygens (including phenoxy) is 1. The van der Waals surface area contributed by atoms with E-state index in [1.165, 1.54) is 12.8 Å². The van der Waals surface area contributed by atoms with E-state index in [1.807, 2.05) is 32.9 Å². The number of carbonyl (C=O) groups excluding carboxylic acids is 1. The monoisotopic (exact) mass is 392 g/mol. The molecule has 0 bridgehead atoms. The number of esters is 1. The lowest BCUT2D eigenvalue weighted by Crippen LogP contribution is -2.42. The van der Waals surface area contributed by atoms with Crippen LogP contribution in [0.5, 0.6) is 0 Å². The van der Waals surface area contributed by atoms with E-state index < -0.39 is 5.60 Å². The van der Waals surface area contributed by atoms with Crippen LogP contribution in [0.1, 0.15) is 52.0 Å². The van der Waals surface area contributed by atoms with Gasteiger partial charge in [0.2, 0.25) is 0 Å². The largest absolute Gasteiger partial charge is 0.460 e. The molecule has 1 aliphatic heterocycles. The third-order valence-electron chi connectivity index (χ3n) is 5.80. The summed E-state index contributed by atoms with van der Waals surface area (Å²) in [6.07, 6.45) is 7.38. The average molecular weight is 393 g/mol. The zero-order chi connectivity index (χ0) is 20.6. The lowest BCUT2D eigenvalue weighted by molar-refractivity contribution is -0.156. The smallest absolute Gasteiger partial charge is 0.306 e. The molecule has 6 nitrogen and oxygen atoms in total. The summed E-state index contributed by atoms with van der Waals surface area (Å²) in [7, 11) is 0. The topological polar surface area (TPSA) is 79.1 Å². The number of carbonyl (C=O) groups is 1. The first-order chi connectivity index (χ1) is 13.8. The lowest BCUT2D eigenvalue weighted by Gasteiger charge is -2.39. The quantitative estimate of drug-likeness (QED) is 0.729. The van der Waals surface area contributed by atoms with Crippen molar-refractivity contribution in [3.63, 3.8) is 0 Å². The summed E-state index contributed by atoms with van der Waals surface area (Å²) in [6, 6.07) is 6.02. The number of anilines is 1. The van der Waals surface area contributed by atoms with Gasteiger partial charge in [-0.1, -0.05) is 0 Å². The van der Waals surface area contributed by atoms with E-state index >= 15 is 0 Å². The SMILES string of the molecule is CC(C)(C)OC(=O)CC1CC(C2CC2)CN(c2ccc(C#N)c3nccnc23)C1. The summed E-state index contributed by atoms with van der Waals surface area (Å²) in [5.41, 5.74) is 2.49. The number of aromatic nitrogens is 2. The number of hydrogen-bond acceptors (Lipinski definition) is 6. The van der Waals surface area contributed by atoms with Gasteiger partial charge in [-0.3, -0.25) is 14.8 Å². The Balaban J connectivity index is 1.61. The molecule has 29 heavy (non-hydrogen) atoms.